The number of amides is 2. The second-order valence-electron chi connectivity index (χ2n) is 6.95. The Kier molecular flexibility index (Phi) is 7.54. The lowest BCUT2D eigenvalue weighted by atomic mass is 10.2. The highest BCUT2D eigenvalue weighted by Gasteiger charge is 2.26. The summed E-state index contributed by atoms with van der Waals surface area (Å²) in [5, 5.41) is 4.16. The van der Waals surface area contributed by atoms with Crippen LogP contribution in [0.3, 0.4) is 0 Å². The van der Waals surface area contributed by atoms with Gasteiger partial charge in [0.05, 0.1) is 34.3 Å². The predicted octanol–water partition coefficient (Wildman–Crippen LogP) is 4.96. The lowest BCUT2D eigenvalue weighted by Gasteiger charge is -2.30. The minimum absolute atomic E-state index is 0.136. The number of halogens is 2. The molecule has 1 unspecified atom stereocenters. The molecule has 0 saturated carbocycles. The second kappa shape index (κ2) is 10.1. The van der Waals surface area contributed by atoms with E-state index < -0.39 is 6.04 Å². The number of anilines is 1. The van der Waals surface area contributed by atoms with E-state index >= 15 is 0 Å². The number of hydrogen-bond donors (Lipinski definition) is 1. The van der Waals surface area contributed by atoms with Gasteiger partial charge < -0.3 is 15.0 Å². The molecule has 0 radical (unpaired) electrons. The van der Waals surface area contributed by atoms with Gasteiger partial charge in [-0.2, -0.15) is 0 Å². The molecule has 1 aromatic heterocycles. The maximum absolute atomic E-state index is 13.2. The molecule has 0 spiro atoms. The highest BCUT2D eigenvalue weighted by molar-refractivity contribution is 6.36. The molecule has 0 aliphatic rings. The molecule has 7 nitrogen and oxygen atoms in total. The van der Waals surface area contributed by atoms with Crippen molar-refractivity contribution in [2.75, 3.05) is 25.6 Å². The van der Waals surface area contributed by atoms with Crippen LogP contribution in [0, 0.1) is 0 Å². The van der Waals surface area contributed by atoms with Crippen LogP contribution in [0.15, 0.2) is 47.3 Å². The summed E-state index contributed by atoms with van der Waals surface area (Å²) < 4.78 is 6.79. The van der Waals surface area contributed by atoms with Crippen LogP contribution in [0.25, 0.3) is 10.9 Å². The number of carbonyl (C=O) groups excluding carboxylic acids is 1. The van der Waals surface area contributed by atoms with Crippen LogP contribution in [0.2, 0.25) is 10.0 Å². The van der Waals surface area contributed by atoms with E-state index in [-0.39, 0.29) is 11.6 Å². The molecule has 164 valence electrons. The number of benzene rings is 2. The lowest BCUT2D eigenvalue weighted by Crippen LogP contribution is -2.41. The summed E-state index contributed by atoms with van der Waals surface area (Å²) >= 11 is 12.2. The number of aromatic nitrogens is 2. The van der Waals surface area contributed by atoms with Crippen LogP contribution in [0.1, 0.15) is 25.7 Å². The first-order valence-electron chi connectivity index (χ1n) is 9.88. The zero-order valence-electron chi connectivity index (χ0n) is 17.6. The van der Waals surface area contributed by atoms with Crippen molar-refractivity contribution >= 4 is 45.8 Å². The number of urea groups is 1. The average Bonchev–Trinajstić information content (AvgIpc) is 2.75. The Labute approximate surface area is 190 Å². The van der Waals surface area contributed by atoms with Crippen LogP contribution in [0.5, 0.6) is 0 Å². The summed E-state index contributed by atoms with van der Waals surface area (Å²) in [6.07, 6.45) is 0. The Morgan fingerprint density at radius 3 is 2.68 bits per heavy atom. The minimum Gasteiger partial charge on any atom is -0.383 e. The molecule has 0 aliphatic carbocycles. The van der Waals surface area contributed by atoms with E-state index in [9.17, 15) is 9.59 Å². The molecular weight excluding hydrogens is 439 g/mol. The third-order valence-electron chi connectivity index (χ3n) is 5.02. The molecule has 9 heteroatoms. The van der Waals surface area contributed by atoms with Crippen LogP contribution in [-0.2, 0) is 11.3 Å². The standard InChI is InChI=1S/C22H24Cl2N4O3/c1-4-27-20(25-18-8-6-5-7-16(18)21(27)29)14(2)28(11-12-31-3)22(30)26-19-10-9-15(23)13-17(19)24/h5-10,13-14H,4,11-12H2,1-3H3,(H,26,30). The molecule has 0 saturated heterocycles. The molecule has 0 aliphatic heterocycles. The Hall–Kier alpha value is -2.61. The Balaban J connectivity index is 2.00. The number of nitrogens with zero attached hydrogens (tertiary/aromatic N) is 3. The number of ether oxygens (including phenoxy) is 1. The van der Waals surface area contributed by atoms with Crippen molar-refractivity contribution in [2.24, 2.45) is 0 Å². The van der Waals surface area contributed by atoms with Crippen molar-refractivity contribution in [1.29, 1.82) is 0 Å². The van der Waals surface area contributed by atoms with E-state index in [1.54, 1.807) is 46.9 Å². The topological polar surface area (TPSA) is 76.5 Å². The van der Waals surface area contributed by atoms with E-state index in [0.717, 1.165) is 0 Å². The quantitative estimate of drug-likeness (QED) is 0.537. The maximum Gasteiger partial charge on any atom is 0.322 e. The number of para-hydroxylation sites is 1. The molecule has 0 bridgehead atoms. The minimum atomic E-state index is -0.501. The van der Waals surface area contributed by atoms with Crippen LogP contribution < -0.4 is 10.9 Å². The lowest BCUT2D eigenvalue weighted by molar-refractivity contribution is 0.136. The number of hydrogen-bond acceptors (Lipinski definition) is 4. The van der Waals surface area contributed by atoms with Crippen LogP contribution >= 0.6 is 23.2 Å². The van der Waals surface area contributed by atoms with Gasteiger partial charge in [0.1, 0.15) is 5.82 Å². The fraction of sp³-hybridized carbons (Fsp3) is 0.318. The van der Waals surface area contributed by atoms with Gasteiger partial charge >= 0.3 is 6.03 Å². The number of rotatable bonds is 7. The molecule has 0 fully saturated rings. The Morgan fingerprint density at radius 2 is 2.00 bits per heavy atom. The number of fused-ring (bicyclic) bond motifs is 1. The Morgan fingerprint density at radius 1 is 1.26 bits per heavy atom. The fourth-order valence-corrected chi connectivity index (χ4v) is 3.84. The van der Waals surface area contributed by atoms with Crippen LogP contribution in [-0.4, -0.2) is 40.7 Å². The van der Waals surface area contributed by atoms with Gasteiger partial charge in [0.2, 0.25) is 0 Å². The highest BCUT2D eigenvalue weighted by atomic mass is 35.5. The summed E-state index contributed by atoms with van der Waals surface area (Å²) in [4.78, 5) is 32.5. The summed E-state index contributed by atoms with van der Waals surface area (Å²) in [5.74, 6) is 0.500. The molecule has 3 rings (SSSR count). The van der Waals surface area contributed by atoms with Gasteiger partial charge in [-0.25, -0.2) is 9.78 Å². The van der Waals surface area contributed by atoms with Crippen molar-refractivity contribution < 1.29 is 9.53 Å². The van der Waals surface area contributed by atoms with Crippen molar-refractivity contribution in [3.63, 3.8) is 0 Å². The SMILES string of the molecule is CCn1c(C(C)N(CCOC)C(=O)Nc2ccc(Cl)cc2Cl)nc2ccccc2c1=O. The zero-order valence-corrected chi connectivity index (χ0v) is 19.1. The number of nitrogens with one attached hydrogen (secondary N) is 1. The van der Waals surface area contributed by atoms with Gasteiger partial charge in [-0.05, 0) is 44.2 Å². The van der Waals surface area contributed by atoms with Gasteiger partial charge in [-0.1, -0.05) is 35.3 Å². The first-order valence-corrected chi connectivity index (χ1v) is 10.6. The molecule has 31 heavy (non-hydrogen) atoms. The predicted molar refractivity (Wildman–Crippen MR) is 124 cm³/mol. The summed E-state index contributed by atoms with van der Waals surface area (Å²) in [5.41, 5.74) is 0.889. The van der Waals surface area contributed by atoms with Gasteiger partial charge in [0.25, 0.3) is 5.56 Å². The summed E-state index contributed by atoms with van der Waals surface area (Å²) in [7, 11) is 1.56. The maximum atomic E-state index is 13.2. The summed E-state index contributed by atoms with van der Waals surface area (Å²) in [6, 6.07) is 11.1. The molecule has 1 N–H and O–H groups in total. The van der Waals surface area contributed by atoms with Gasteiger partial charge in [-0.15, -0.1) is 0 Å². The van der Waals surface area contributed by atoms with Crippen molar-refractivity contribution in [2.45, 2.75) is 26.4 Å². The Bertz CT molecular complexity index is 1150. The van der Waals surface area contributed by atoms with Crippen molar-refractivity contribution in [3.05, 3.63) is 68.7 Å². The monoisotopic (exact) mass is 462 g/mol. The number of carbonyl (C=O) groups is 1. The van der Waals surface area contributed by atoms with Gasteiger partial charge in [-0.3, -0.25) is 9.36 Å². The second-order valence-corrected chi connectivity index (χ2v) is 7.80. The zero-order chi connectivity index (χ0) is 22.5. The van der Waals surface area contributed by atoms with Gasteiger partial charge in [0, 0.05) is 25.2 Å². The fourth-order valence-electron chi connectivity index (χ4n) is 3.39. The number of methoxy groups -OCH3 is 1. The van der Waals surface area contributed by atoms with Crippen molar-refractivity contribution in [1.82, 2.24) is 14.5 Å². The third-order valence-corrected chi connectivity index (χ3v) is 5.57. The molecule has 2 amide bonds. The first-order chi connectivity index (χ1) is 14.9. The van der Waals surface area contributed by atoms with E-state index in [1.165, 1.54) is 0 Å². The van der Waals surface area contributed by atoms with E-state index in [2.05, 4.69) is 5.32 Å². The normalized spacial score (nSPS) is 12.0. The molecule has 1 heterocycles. The average molecular weight is 463 g/mol. The third kappa shape index (κ3) is 5.01. The largest absolute Gasteiger partial charge is 0.383 e. The molecule has 1 atom stereocenters. The van der Waals surface area contributed by atoms with E-state index in [4.69, 9.17) is 32.9 Å². The van der Waals surface area contributed by atoms with E-state index in [0.29, 0.717) is 52.2 Å². The smallest absolute Gasteiger partial charge is 0.322 e. The van der Waals surface area contributed by atoms with Crippen molar-refractivity contribution in [3.8, 4) is 0 Å². The van der Waals surface area contributed by atoms with Crippen LogP contribution in [0.4, 0.5) is 10.5 Å². The van der Waals surface area contributed by atoms with E-state index in [1.807, 2.05) is 26.0 Å². The first kappa shape index (κ1) is 23.1. The molecule has 2 aromatic carbocycles. The summed E-state index contributed by atoms with van der Waals surface area (Å²) in [6.45, 7) is 4.75. The molecule has 3 aromatic rings. The highest BCUT2D eigenvalue weighted by Crippen LogP contribution is 2.27. The van der Waals surface area contributed by atoms with Gasteiger partial charge in [0.15, 0.2) is 0 Å². The molecular formula is C22H24Cl2N4O3.